The summed E-state index contributed by atoms with van der Waals surface area (Å²) >= 11 is 0. The Hall–Kier alpha value is -0.870. The van der Waals surface area contributed by atoms with Gasteiger partial charge in [0.2, 0.25) is 0 Å². The fourth-order valence-corrected chi connectivity index (χ4v) is 3.78. The molecule has 1 aromatic rings. The van der Waals surface area contributed by atoms with Crippen LogP contribution in [0.4, 0.5) is 0 Å². The minimum atomic E-state index is 0. The minimum absolute atomic E-state index is 0. The van der Waals surface area contributed by atoms with Crippen molar-refractivity contribution in [1.29, 1.82) is 0 Å². The van der Waals surface area contributed by atoms with Gasteiger partial charge in [0.15, 0.2) is 5.96 Å². The molecule has 3 rings (SSSR count). The molecule has 0 amide bonds. The molecule has 0 aliphatic carbocycles. The fraction of sp³-hybridized carbons (Fsp3) is 0.778. The lowest BCUT2D eigenvalue weighted by molar-refractivity contribution is -0.00846. The number of hydrogen-bond acceptors (Lipinski definition) is 4. The third kappa shape index (κ3) is 5.10. The van der Waals surface area contributed by atoms with Crippen molar-refractivity contribution >= 4 is 29.9 Å². The van der Waals surface area contributed by atoms with E-state index in [2.05, 4.69) is 45.3 Å². The molecule has 1 atom stereocenters. The highest BCUT2D eigenvalue weighted by atomic mass is 127. The molecule has 2 saturated heterocycles. The third-order valence-electron chi connectivity index (χ3n) is 5.44. The maximum Gasteiger partial charge on any atom is 0.193 e. The number of nitrogens with one attached hydrogen (secondary N) is 1. The van der Waals surface area contributed by atoms with Gasteiger partial charge in [0.25, 0.3) is 0 Å². The van der Waals surface area contributed by atoms with Crippen LogP contribution in [0.3, 0.4) is 0 Å². The zero-order valence-electron chi connectivity index (χ0n) is 16.4. The van der Waals surface area contributed by atoms with Crippen LogP contribution in [0.1, 0.15) is 31.7 Å². The summed E-state index contributed by atoms with van der Waals surface area (Å²) in [6.07, 6.45) is 5.27. The maximum atomic E-state index is 5.48. The highest BCUT2D eigenvalue weighted by molar-refractivity contribution is 14.0. The van der Waals surface area contributed by atoms with E-state index in [1.165, 1.54) is 5.56 Å². The highest BCUT2D eigenvalue weighted by Crippen LogP contribution is 2.26. The van der Waals surface area contributed by atoms with Gasteiger partial charge in [-0.2, -0.15) is 5.10 Å². The summed E-state index contributed by atoms with van der Waals surface area (Å²) in [5.74, 6) is 1.55. The lowest BCUT2D eigenvalue weighted by Gasteiger charge is -2.41. The Balaban J connectivity index is 0.00000243. The molecule has 26 heavy (non-hydrogen) atoms. The fourth-order valence-electron chi connectivity index (χ4n) is 3.78. The Bertz CT molecular complexity index is 596. The van der Waals surface area contributed by atoms with Gasteiger partial charge in [0, 0.05) is 64.5 Å². The van der Waals surface area contributed by atoms with Crippen LogP contribution >= 0.6 is 24.0 Å². The summed E-state index contributed by atoms with van der Waals surface area (Å²) in [5.41, 5.74) is 1.41. The molecule has 8 heteroatoms. The Labute approximate surface area is 174 Å². The lowest BCUT2D eigenvalue weighted by atomic mass is 10.0. The average Bonchev–Trinajstić information content (AvgIpc) is 3.25. The van der Waals surface area contributed by atoms with Gasteiger partial charge in [-0.15, -0.1) is 24.0 Å². The van der Waals surface area contributed by atoms with Crippen LogP contribution in [0, 0.1) is 0 Å². The number of guanidine groups is 1. The van der Waals surface area contributed by atoms with E-state index in [1.807, 2.05) is 25.0 Å². The molecule has 2 aliphatic rings. The SMILES string of the molecule is CN=C(NCC(C)(C)N1CCOCC1)N1CCC(c2cnn(C)c2)C1.I. The van der Waals surface area contributed by atoms with Gasteiger partial charge in [-0.25, -0.2) is 0 Å². The summed E-state index contributed by atoms with van der Waals surface area (Å²) in [6.45, 7) is 11.2. The van der Waals surface area contributed by atoms with Crippen molar-refractivity contribution < 1.29 is 4.74 Å². The largest absolute Gasteiger partial charge is 0.379 e. The number of aromatic nitrogens is 2. The number of rotatable bonds is 4. The van der Waals surface area contributed by atoms with Crippen LogP contribution in [0.25, 0.3) is 0 Å². The molecular formula is C18H33IN6O. The van der Waals surface area contributed by atoms with Crippen LogP contribution in [0.15, 0.2) is 17.4 Å². The van der Waals surface area contributed by atoms with Crippen molar-refractivity contribution in [2.24, 2.45) is 12.0 Å². The van der Waals surface area contributed by atoms with E-state index in [-0.39, 0.29) is 29.5 Å². The zero-order valence-corrected chi connectivity index (χ0v) is 18.8. The van der Waals surface area contributed by atoms with Crippen molar-refractivity contribution in [2.75, 3.05) is 53.0 Å². The van der Waals surface area contributed by atoms with Gasteiger partial charge in [0.05, 0.1) is 19.4 Å². The second-order valence-corrected chi connectivity index (χ2v) is 7.69. The van der Waals surface area contributed by atoms with Gasteiger partial charge in [-0.05, 0) is 25.8 Å². The number of nitrogens with zero attached hydrogens (tertiary/aromatic N) is 5. The van der Waals surface area contributed by atoms with E-state index in [4.69, 9.17) is 4.74 Å². The Kier molecular flexibility index (Phi) is 7.72. The van der Waals surface area contributed by atoms with Gasteiger partial charge in [-0.3, -0.25) is 14.6 Å². The number of aryl methyl sites for hydroxylation is 1. The highest BCUT2D eigenvalue weighted by Gasteiger charge is 2.31. The van der Waals surface area contributed by atoms with E-state index >= 15 is 0 Å². The van der Waals surface area contributed by atoms with Crippen molar-refractivity contribution in [3.63, 3.8) is 0 Å². The molecule has 0 saturated carbocycles. The van der Waals surface area contributed by atoms with Crippen LogP contribution in [-0.4, -0.2) is 84.1 Å². The van der Waals surface area contributed by atoms with Crippen molar-refractivity contribution in [3.05, 3.63) is 18.0 Å². The number of likely N-dealkylation sites (tertiary alicyclic amines) is 1. The van der Waals surface area contributed by atoms with E-state index in [0.29, 0.717) is 5.92 Å². The van der Waals surface area contributed by atoms with E-state index < -0.39 is 0 Å². The van der Waals surface area contributed by atoms with Crippen LogP contribution in [0.5, 0.6) is 0 Å². The third-order valence-corrected chi connectivity index (χ3v) is 5.44. The standard InChI is InChI=1S/C18H32N6O.HI/c1-18(2,24-7-9-25-10-8-24)14-20-17(19-3)23-6-5-15(13-23)16-11-21-22(4)12-16;/h11-12,15H,5-10,13-14H2,1-4H3,(H,19,20);1H. The molecule has 2 fully saturated rings. The molecule has 7 nitrogen and oxygen atoms in total. The zero-order chi connectivity index (χ0) is 17.9. The van der Waals surface area contributed by atoms with Gasteiger partial charge in [0.1, 0.15) is 0 Å². The Morgan fingerprint density at radius 2 is 2.08 bits per heavy atom. The number of aliphatic imine (C=N–C) groups is 1. The van der Waals surface area contributed by atoms with E-state index in [1.54, 1.807) is 0 Å². The molecule has 0 bridgehead atoms. The number of morpholine rings is 1. The average molecular weight is 476 g/mol. The van der Waals surface area contributed by atoms with E-state index in [0.717, 1.165) is 58.3 Å². The monoisotopic (exact) mass is 476 g/mol. The minimum Gasteiger partial charge on any atom is -0.379 e. The summed E-state index contributed by atoms with van der Waals surface area (Å²) in [6, 6.07) is 0. The molecule has 2 aliphatic heterocycles. The van der Waals surface area contributed by atoms with Crippen molar-refractivity contribution in [1.82, 2.24) is 24.9 Å². The van der Waals surface area contributed by atoms with Crippen molar-refractivity contribution in [2.45, 2.75) is 31.7 Å². The summed E-state index contributed by atoms with van der Waals surface area (Å²) in [7, 11) is 3.85. The molecule has 1 unspecified atom stereocenters. The molecule has 3 heterocycles. The first-order valence-electron chi connectivity index (χ1n) is 9.26. The van der Waals surface area contributed by atoms with Gasteiger partial charge < -0.3 is 15.0 Å². The Morgan fingerprint density at radius 3 is 2.69 bits per heavy atom. The second-order valence-electron chi connectivity index (χ2n) is 7.69. The molecule has 1 N–H and O–H groups in total. The number of halogens is 1. The molecule has 0 radical (unpaired) electrons. The Morgan fingerprint density at radius 1 is 1.35 bits per heavy atom. The number of hydrogen-bond donors (Lipinski definition) is 1. The first kappa shape index (κ1) is 21.4. The van der Waals surface area contributed by atoms with Gasteiger partial charge in [-0.1, -0.05) is 0 Å². The number of ether oxygens (including phenoxy) is 1. The molecule has 1 aromatic heterocycles. The summed E-state index contributed by atoms with van der Waals surface area (Å²) < 4.78 is 7.36. The predicted molar refractivity (Wildman–Crippen MR) is 115 cm³/mol. The molecule has 148 valence electrons. The molecule has 0 spiro atoms. The molecular weight excluding hydrogens is 443 g/mol. The van der Waals surface area contributed by atoms with Crippen molar-refractivity contribution in [3.8, 4) is 0 Å². The molecule has 0 aromatic carbocycles. The quantitative estimate of drug-likeness (QED) is 0.406. The van der Waals surface area contributed by atoms with Crippen LogP contribution < -0.4 is 5.32 Å². The topological polar surface area (TPSA) is 57.9 Å². The summed E-state index contributed by atoms with van der Waals surface area (Å²) in [5, 5.41) is 7.91. The first-order valence-corrected chi connectivity index (χ1v) is 9.26. The van der Waals surface area contributed by atoms with Gasteiger partial charge >= 0.3 is 0 Å². The predicted octanol–water partition coefficient (Wildman–Crippen LogP) is 1.51. The first-order chi connectivity index (χ1) is 12.0. The van der Waals surface area contributed by atoms with Crippen LogP contribution in [0.2, 0.25) is 0 Å². The normalized spacial score (nSPS) is 22.4. The van der Waals surface area contributed by atoms with Crippen LogP contribution in [-0.2, 0) is 11.8 Å². The van der Waals surface area contributed by atoms with E-state index in [9.17, 15) is 0 Å². The summed E-state index contributed by atoms with van der Waals surface area (Å²) in [4.78, 5) is 9.39. The second kappa shape index (κ2) is 9.36. The smallest absolute Gasteiger partial charge is 0.193 e. The maximum absolute atomic E-state index is 5.48. The lowest BCUT2D eigenvalue weighted by Crippen LogP contribution is -2.56.